The number of nitrogen functional groups attached to an aromatic ring is 1. The van der Waals surface area contributed by atoms with Crippen molar-refractivity contribution in [3.63, 3.8) is 0 Å². The zero-order chi connectivity index (χ0) is 12.1. The van der Waals surface area contributed by atoms with E-state index in [1.165, 1.54) is 32.1 Å². The minimum absolute atomic E-state index is 0.616. The second-order valence-electron chi connectivity index (χ2n) is 4.92. The standard InChI is InChI=1S/C13H24N4/c1-2-16(12-6-4-3-5-7-12)10-11-17-9-8-13(14)15-17/h8-9,12H,2-7,10-11H2,1H3,(H2,14,15). The van der Waals surface area contributed by atoms with Crippen LogP contribution in [0.2, 0.25) is 0 Å². The second kappa shape index (κ2) is 6.05. The SMILES string of the molecule is CCN(CCn1ccc(N)n1)C1CCCCC1. The van der Waals surface area contributed by atoms with E-state index in [4.69, 9.17) is 5.73 Å². The lowest BCUT2D eigenvalue weighted by Gasteiger charge is -2.33. The summed E-state index contributed by atoms with van der Waals surface area (Å²) < 4.78 is 1.95. The molecule has 0 saturated heterocycles. The van der Waals surface area contributed by atoms with Crippen LogP contribution in [0, 0.1) is 0 Å². The molecule has 96 valence electrons. The Kier molecular flexibility index (Phi) is 4.42. The highest BCUT2D eigenvalue weighted by molar-refractivity contribution is 5.23. The highest BCUT2D eigenvalue weighted by Gasteiger charge is 2.19. The molecule has 2 rings (SSSR count). The lowest BCUT2D eigenvalue weighted by atomic mass is 9.94. The molecule has 1 heterocycles. The molecule has 0 aromatic carbocycles. The van der Waals surface area contributed by atoms with Gasteiger partial charge in [0.2, 0.25) is 0 Å². The van der Waals surface area contributed by atoms with E-state index in [1.54, 1.807) is 0 Å². The molecule has 4 nitrogen and oxygen atoms in total. The van der Waals surface area contributed by atoms with Gasteiger partial charge in [0.1, 0.15) is 5.82 Å². The van der Waals surface area contributed by atoms with Crippen molar-refractivity contribution in [2.45, 2.75) is 51.6 Å². The number of nitrogens with zero attached hydrogens (tertiary/aromatic N) is 3. The van der Waals surface area contributed by atoms with Crippen molar-refractivity contribution in [3.8, 4) is 0 Å². The lowest BCUT2D eigenvalue weighted by Crippen LogP contribution is -2.38. The van der Waals surface area contributed by atoms with Gasteiger partial charge in [-0.25, -0.2) is 0 Å². The number of anilines is 1. The van der Waals surface area contributed by atoms with E-state index in [0.717, 1.165) is 25.7 Å². The Bertz CT molecular complexity index is 328. The van der Waals surface area contributed by atoms with Crippen molar-refractivity contribution in [1.82, 2.24) is 14.7 Å². The number of rotatable bonds is 5. The third kappa shape index (κ3) is 3.46. The largest absolute Gasteiger partial charge is 0.382 e. The molecule has 1 aromatic rings. The van der Waals surface area contributed by atoms with Gasteiger partial charge in [-0.2, -0.15) is 5.10 Å². The normalized spacial score (nSPS) is 17.8. The molecule has 0 spiro atoms. The molecule has 1 fully saturated rings. The average molecular weight is 236 g/mol. The van der Waals surface area contributed by atoms with E-state index >= 15 is 0 Å². The highest BCUT2D eigenvalue weighted by atomic mass is 15.3. The third-order valence-electron chi connectivity index (χ3n) is 3.77. The van der Waals surface area contributed by atoms with Crippen molar-refractivity contribution in [1.29, 1.82) is 0 Å². The Hall–Kier alpha value is -1.03. The number of hydrogen-bond acceptors (Lipinski definition) is 3. The molecule has 0 bridgehead atoms. The molecular formula is C13H24N4. The van der Waals surface area contributed by atoms with E-state index in [0.29, 0.717) is 5.82 Å². The predicted molar refractivity (Wildman–Crippen MR) is 70.8 cm³/mol. The van der Waals surface area contributed by atoms with Crippen LogP contribution in [0.5, 0.6) is 0 Å². The van der Waals surface area contributed by atoms with Crippen LogP contribution in [0.1, 0.15) is 39.0 Å². The maximum Gasteiger partial charge on any atom is 0.145 e. The zero-order valence-corrected chi connectivity index (χ0v) is 10.8. The van der Waals surface area contributed by atoms with Crippen molar-refractivity contribution >= 4 is 5.82 Å². The molecule has 1 aliphatic carbocycles. The van der Waals surface area contributed by atoms with E-state index in [-0.39, 0.29) is 0 Å². The Morgan fingerprint density at radius 2 is 2.18 bits per heavy atom. The Morgan fingerprint density at radius 3 is 2.76 bits per heavy atom. The van der Waals surface area contributed by atoms with E-state index < -0.39 is 0 Å². The molecule has 1 aromatic heterocycles. The molecular weight excluding hydrogens is 212 g/mol. The van der Waals surface area contributed by atoms with Gasteiger partial charge in [0, 0.05) is 18.8 Å². The number of likely N-dealkylation sites (N-methyl/N-ethyl adjacent to an activating group) is 1. The highest BCUT2D eigenvalue weighted by Crippen LogP contribution is 2.22. The first-order chi connectivity index (χ1) is 8.29. The van der Waals surface area contributed by atoms with Crippen LogP contribution in [-0.2, 0) is 6.54 Å². The van der Waals surface area contributed by atoms with Gasteiger partial charge >= 0.3 is 0 Å². The first-order valence-corrected chi connectivity index (χ1v) is 6.82. The van der Waals surface area contributed by atoms with Crippen LogP contribution < -0.4 is 5.73 Å². The van der Waals surface area contributed by atoms with E-state index in [1.807, 2.05) is 16.9 Å². The third-order valence-corrected chi connectivity index (χ3v) is 3.77. The molecule has 1 saturated carbocycles. The molecule has 1 aliphatic rings. The smallest absolute Gasteiger partial charge is 0.145 e. The van der Waals surface area contributed by atoms with Crippen molar-refractivity contribution in [3.05, 3.63) is 12.3 Å². The monoisotopic (exact) mass is 236 g/mol. The second-order valence-corrected chi connectivity index (χ2v) is 4.92. The summed E-state index contributed by atoms with van der Waals surface area (Å²) >= 11 is 0. The molecule has 0 amide bonds. The first kappa shape index (κ1) is 12.4. The molecule has 0 aliphatic heterocycles. The van der Waals surface area contributed by atoms with Crippen LogP contribution in [0.25, 0.3) is 0 Å². The number of aromatic nitrogens is 2. The summed E-state index contributed by atoms with van der Waals surface area (Å²) in [5.41, 5.74) is 5.61. The van der Waals surface area contributed by atoms with Crippen molar-refractivity contribution in [2.24, 2.45) is 0 Å². The fraction of sp³-hybridized carbons (Fsp3) is 0.769. The van der Waals surface area contributed by atoms with Gasteiger partial charge < -0.3 is 5.73 Å². The summed E-state index contributed by atoms with van der Waals surface area (Å²) in [5.74, 6) is 0.616. The summed E-state index contributed by atoms with van der Waals surface area (Å²) in [4.78, 5) is 2.59. The Morgan fingerprint density at radius 1 is 1.41 bits per heavy atom. The van der Waals surface area contributed by atoms with Crippen LogP contribution in [0.15, 0.2) is 12.3 Å². The van der Waals surface area contributed by atoms with E-state index in [2.05, 4.69) is 16.9 Å². The number of nitrogens with two attached hydrogens (primary N) is 1. The topological polar surface area (TPSA) is 47.1 Å². The molecule has 0 radical (unpaired) electrons. The molecule has 2 N–H and O–H groups in total. The summed E-state index contributed by atoms with van der Waals surface area (Å²) in [7, 11) is 0. The summed E-state index contributed by atoms with van der Waals surface area (Å²) in [6, 6.07) is 2.65. The Labute approximate surface area is 104 Å². The maximum absolute atomic E-state index is 5.61. The maximum atomic E-state index is 5.61. The molecule has 4 heteroatoms. The fourth-order valence-corrected chi connectivity index (χ4v) is 2.78. The van der Waals surface area contributed by atoms with E-state index in [9.17, 15) is 0 Å². The summed E-state index contributed by atoms with van der Waals surface area (Å²) in [6.07, 6.45) is 8.92. The minimum atomic E-state index is 0.616. The summed E-state index contributed by atoms with van der Waals surface area (Å²) in [5, 5.41) is 4.23. The summed E-state index contributed by atoms with van der Waals surface area (Å²) in [6.45, 7) is 5.43. The van der Waals surface area contributed by atoms with Crippen molar-refractivity contribution < 1.29 is 0 Å². The quantitative estimate of drug-likeness (QED) is 0.852. The van der Waals surface area contributed by atoms with Crippen LogP contribution in [-0.4, -0.2) is 33.8 Å². The van der Waals surface area contributed by atoms with Crippen molar-refractivity contribution in [2.75, 3.05) is 18.8 Å². The van der Waals surface area contributed by atoms with Gasteiger partial charge in [-0.3, -0.25) is 9.58 Å². The van der Waals surface area contributed by atoms with Gasteiger partial charge in [0.25, 0.3) is 0 Å². The molecule has 0 atom stereocenters. The van der Waals surface area contributed by atoms with Gasteiger partial charge in [0.15, 0.2) is 0 Å². The predicted octanol–water partition coefficient (Wildman–Crippen LogP) is 2.12. The number of hydrogen-bond donors (Lipinski definition) is 1. The van der Waals surface area contributed by atoms with Crippen LogP contribution >= 0.6 is 0 Å². The molecule has 0 unspecified atom stereocenters. The molecule has 17 heavy (non-hydrogen) atoms. The first-order valence-electron chi connectivity index (χ1n) is 6.82. The van der Waals surface area contributed by atoms with Gasteiger partial charge in [-0.1, -0.05) is 26.2 Å². The average Bonchev–Trinajstić information content (AvgIpc) is 2.77. The fourth-order valence-electron chi connectivity index (χ4n) is 2.78. The van der Waals surface area contributed by atoms with Crippen LogP contribution in [0.4, 0.5) is 5.82 Å². The zero-order valence-electron chi connectivity index (χ0n) is 10.8. The lowest BCUT2D eigenvalue weighted by molar-refractivity contribution is 0.156. The van der Waals surface area contributed by atoms with Gasteiger partial charge in [-0.15, -0.1) is 0 Å². The van der Waals surface area contributed by atoms with Crippen LogP contribution in [0.3, 0.4) is 0 Å². The Balaban J connectivity index is 1.82. The minimum Gasteiger partial charge on any atom is -0.382 e. The van der Waals surface area contributed by atoms with Gasteiger partial charge in [0.05, 0.1) is 6.54 Å². The van der Waals surface area contributed by atoms with Gasteiger partial charge in [-0.05, 0) is 25.5 Å².